The fraction of sp³-hybridized carbons (Fsp3) is 0.167. The lowest BCUT2D eigenvalue weighted by molar-refractivity contribution is 0.329. The minimum absolute atomic E-state index is 0.0474. The van der Waals surface area contributed by atoms with E-state index in [4.69, 9.17) is 31.7 Å². The number of rotatable bonds is 7. The highest BCUT2D eigenvalue weighted by atomic mass is 32.1. The molecule has 2 N–H and O–H groups in total. The summed E-state index contributed by atoms with van der Waals surface area (Å²) in [5.41, 5.74) is 4.25. The molecule has 2 rings (SSSR count). The average molecular weight is 370 g/mol. The molecular weight excluding hydrogens is 352 g/mol. The minimum Gasteiger partial charge on any atom is -0.495 e. The predicted octanol–water partition coefficient (Wildman–Crippen LogP) is 2.93. The summed E-state index contributed by atoms with van der Waals surface area (Å²) in [7, 11) is 3.12. The largest absolute Gasteiger partial charge is 0.495 e. The minimum atomic E-state index is -0.0474. The number of nitrogens with one attached hydrogen (secondary N) is 2. The Morgan fingerprint density at radius 3 is 2.65 bits per heavy atom. The number of nitrogens with zero attached hydrogens (tertiary/aromatic N) is 2. The number of nitriles is 1. The van der Waals surface area contributed by atoms with E-state index >= 15 is 0 Å². The number of hydrogen-bond acceptors (Lipinski definition) is 6. The molecule has 0 aliphatic heterocycles. The molecule has 7 nitrogen and oxygen atoms in total. The number of benzene rings is 2. The zero-order valence-corrected chi connectivity index (χ0v) is 15.2. The highest BCUT2D eigenvalue weighted by Crippen LogP contribution is 2.27. The van der Waals surface area contributed by atoms with Gasteiger partial charge in [0.05, 0.1) is 26.1 Å². The number of hydrazone groups is 1. The Kier molecular flexibility index (Phi) is 7.21. The lowest BCUT2D eigenvalue weighted by Crippen LogP contribution is -2.24. The Morgan fingerprint density at radius 1 is 1.15 bits per heavy atom. The molecule has 0 heterocycles. The van der Waals surface area contributed by atoms with E-state index < -0.39 is 0 Å². The van der Waals surface area contributed by atoms with Crippen LogP contribution in [-0.2, 0) is 0 Å². The molecule has 0 aromatic heterocycles. The Hall–Kier alpha value is -3.31. The van der Waals surface area contributed by atoms with Crippen LogP contribution in [0.4, 0.5) is 5.69 Å². The number of thiocarbonyl (C=S) groups is 1. The van der Waals surface area contributed by atoms with Crippen LogP contribution >= 0.6 is 12.2 Å². The second-order valence-electron chi connectivity index (χ2n) is 4.88. The van der Waals surface area contributed by atoms with Crippen molar-refractivity contribution in [3.63, 3.8) is 0 Å². The lowest BCUT2D eigenvalue weighted by atomic mass is 10.2. The van der Waals surface area contributed by atoms with Crippen molar-refractivity contribution in [1.29, 1.82) is 5.26 Å². The molecule has 0 fully saturated rings. The maximum Gasteiger partial charge on any atom is 0.191 e. The van der Waals surface area contributed by atoms with Crippen LogP contribution in [0.5, 0.6) is 17.2 Å². The van der Waals surface area contributed by atoms with E-state index in [1.807, 2.05) is 30.3 Å². The Balaban J connectivity index is 1.97. The molecule has 2 aromatic carbocycles. The van der Waals surface area contributed by atoms with Crippen molar-refractivity contribution in [2.75, 3.05) is 26.1 Å². The summed E-state index contributed by atoms with van der Waals surface area (Å²) in [6, 6.07) is 14.6. The highest BCUT2D eigenvalue weighted by molar-refractivity contribution is 7.80. The Morgan fingerprint density at radius 2 is 1.92 bits per heavy atom. The molecule has 0 radical (unpaired) electrons. The molecule has 134 valence electrons. The SMILES string of the molecule is COc1ccccc1NC(=S)N/N=C\c1ccc(OCC#N)c(OC)c1. The molecule has 0 atom stereocenters. The van der Waals surface area contributed by atoms with Crippen molar-refractivity contribution < 1.29 is 14.2 Å². The summed E-state index contributed by atoms with van der Waals surface area (Å²) in [5, 5.41) is 16.0. The zero-order valence-electron chi connectivity index (χ0n) is 14.4. The first kappa shape index (κ1) is 19.0. The first-order valence-electron chi connectivity index (χ1n) is 7.58. The molecule has 26 heavy (non-hydrogen) atoms. The standard InChI is InChI=1S/C18H18N4O3S/c1-23-15-6-4-3-5-14(15)21-18(26)22-20-12-13-7-8-16(25-10-9-19)17(11-13)24-2/h3-8,11-12H,10H2,1-2H3,(H2,21,22,26)/b20-12-. The van der Waals surface area contributed by atoms with Gasteiger partial charge in [-0.3, -0.25) is 5.43 Å². The topological polar surface area (TPSA) is 87.9 Å². The summed E-state index contributed by atoms with van der Waals surface area (Å²) < 4.78 is 15.8. The van der Waals surface area contributed by atoms with Crippen LogP contribution in [-0.4, -0.2) is 32.2 Å². The van der Waals surface area contributed by atoms with Crippen LogP contribution in [0.1, 0.15) is 5.56 Å². The molecule has 0 unspecified atom stereocenters. The van der Waals surface area contributed by atoms with Crippen molar-refractivity contribution in [2.45, 2.75) is 0 Å². The van der Waals surface area contributed by atoms with Gasteiger partial charge >= 0.3 is 0 Å². The lowest BCUT2D eigenvalue weighted by Gasteiger charge is -2.11. The van der Waals surface area contributed by atoms with Crippen LogP contribution in [0.2, 0.25) is 0 Å². The normalized spacial score (nSPS) is 10.0. The molecule has 8 heteroatoms. The smallest absolute Gasteiger partial charge is 0.191 e. The molecule has 0 bridgehead atoms. The van der Waals surface area contributed by atoms with Crippen molar-refractivity contribution in [3.8, 4) is 23.3 Å². The van der Waals surface area contributed by atoms with Crippen molar-refractivity contribution in [3.05, 3.63) is 48.0 Å². The van der Waals surface area contributed by atoms with Crippen molar-refractivity contribution >= 4 is 29.2 Å². The second kappa shape index (κ2) is 9.86. The van der Waals surface area contributed by atoms with Gasteiger partial charge in [0, 0.05) is 0 Å². The monoisotopic (exact) mass is 370 g/mol. The Bertz CT molecular complexity index is 833. The van der Waals surface area contributed by atoms with Gasteiger partial charge in [-0.05, 0) is 48.1 Å². The Labute approximate surface area is 157 Å². The van der Waals surface area contributed by atoms with Crippen LogP contribution in [0.15, 0.2) is 47.6 Å². The van der Waals surface area contributed by atoms with Crippen molar-refractivity contribution in [1.82, 2.24) is 5.43 Å². The quantitative estimate of drug-likeness (QED) is 0.440. The van der Waals surface area contributed by atoms with E-state index in [1.54, 1.807) is 31.5 Å². The average Bonchev–Trinajstić information content (AvgIpc) is 2.67. The molecule has 0 aliphatic rings. The fourth-order valence-electron chi connectivity index (χ4n) is 2.06. The third-order valence-corrected chi connectivity index (χ3v) is 3.41. The van der Waals surface area contributed by atoms with E-state index in [0.717, 1.165) is 11.3 Å². The van der Waals surface area contributed by atoms with E-state index in [-0.39, 0.29) is 6.61 Å². The zero-order chi connectivity index (χ0) is 18.8. The fourth-order valence-corrected chi connectivity index (χ4v) is 2.22. The van der Waals surface area contributed by atoms with Gasteiger partial charge < -0.3 is 19.5 Å². The number of para-hydroxylation sites is 2. The van der Waals surface area contributed by atoms with E-state index in [2.05, 4.69) is 15.8 Å². The third kappa shape index (κ3) is 5.36. The van der Waals surface area contributed by atoms with Crippen LogP contribution in [0.3, 0.4) is 0 Å². The highest BCUT2D eigenvalue weighted by Gasteiger charge is 2.05. The van der Waals surface area contributed by atoms with Gasteiger partial charge in [-0.2, -0.15) is 10.4 Å². The molecule has 0 aliphatic carbocycles. The predicted molar refractivity (Wildman–Crippen MR) is 104 cm³/mol. The number of anilines is 1. The summed E-state index contributed by atoms with van der Waals surface area (Å²) >= 11 is 5.21. The van der Waals surface area contributed by atoms with Gasteiger partial charge in [0.2, 0.25) is 0 Å². The van der Waals surface area contributed by atoms with Gasteiger partial charge in [0.1, 0.15) is 11.8 Å². The van der Waals surface area contributed by atoms with E-state index in [9.17, 15) is 0 Å². The third-order valence-electron chi connectivity index (χ3n) is 3.21. The first-order chi connectivity index (χ1) is 12.7. The summed E-state index contributed by atoms with van der Waals surface area (Å²) in [6.45, 7) is -0.0474. The van der Waals surface area contributed by atoms with Gasteiger partial charge in [0.25, 0.3) is 0 Å². The van der Waals surface area contributed by atoms with Gasteiger partial charge in [0.15, 0.2) is 23.2 Å². The number of methoxy groups -OCH3 is 2. The first-order valence-corrected chi connectivity index (χ1v) is 7.99. The molecule has 0 saturated heterocycles. The molecule has 0 spiro atoms. The molecule has 0 saturated carbocycles. The van der Waals surface area contributed by atoms with Crippen molar-refractivity contribution in [2.24, 2.45) is 5.10 Å². The maximum atomic E-state index is 8.58. The molecule has 2 aromatic rings. The van der Waals surface area contributed by atoms with Crippen LogP contribution < -0.4 is 25.0 Å². The van der Waals surface area contributed by atoms with Gasteiger partial charge in [-0.1, -0.05) is 12.1 Å². The maximum absolute atomic E-state index is 8.58. The number of hydrogen-bond donors (Lipinski definition) is 2. The van der Waals surface area contributed by atoms with E-state index in [0.29, 0.717) is 22.4 Å². The second-order valence-corrected chi connectivity index (χ2v) is 5.29. The van der Waals surface area contributed by atoms with Gasteiger partial charge in [-0.25, -0.2) is 0 Å². The molecular formula is C18H18N4O3S. The summed E-state index contributed by atoms with van der Waals surface area (Å²) in [6.07, 6.45) is 1.59. The summed E-state index contributed by atoms with van der Waals surface area (Å²) in [5.74, 6) is 1.68. The molecule has 0 amide bonds. The van der Waals surface area contributed by atoms with Crippen LogP contribution in [0, 0.1) is 11.3 Å². The van der Waals surface area contributed by atoms with E-state index in [1.165, 1.54) is 7.11 Å². The summed E-state index contributed by atoms with van der Waals surface area (Å²) in [4.78, 5) is 0. The number of ether oxygens (including phenoxy) is 3. The van der Waals surface area contributed by atoms with Gasteiger partial charge in [-0.15, -0.1) is 0 Å². The van der Waals surface area contributed by atoms with Crippen LogP contribution in [0.25, 0.3) is 0 Å².